The van der Waals surface area contributed by atoms with Crippen LogP contribution in [-0.4, -0.2) is 47.5 Å². The van der Waals surface area contributed by atoms with Crippen molar-refractivity contribution in [3.63, 3.8) is 0 Å². The van der Waals surface area contributed by atoms with E-state index in [1.54, 1.807) is 4.68 Å². The van der Waals surface area contributed by atoms with Gasteiger partial charge in [0.2, 0.25) is 0 Å². The van der Waals surface area contributed by atoms with Crippen molar-refractivity contribution in [3.05, 3.63) is 11.8 Å². The SMILES string of the molecule is Cn1nc(CCN2CCOCC2)cc1N. The fraction of sp³-hybridized carbons (Fsp3) is 0.700. The maximum absolute atomic E-state index is 5.72. The summed E-state index contributed by atoms with van der Waals surface area (Å²) in [5.41, 5.74) is 6.79. The lowest BCUT2D eigenvalue weighted by Crippen LogP contribution is -2.37. The number of ether oxygens (including phenoxy) is 1. The summed E-state index contributed by atoms with van der Waals surface area (Å²) in [6.07, 6.45) is 0.963. The molecule has 1 fully saturated rings. The number of nitrogen functional groups attached to an aromatic ring is 1. The van der Waals surface area contributed by atoms with Gasteiger partial charge < -0.3 is 10.5 Å². The number of anilines is 1. The highest BCUT2D eigenvalue weighted by molar-refractivity contribution is 5.30. The molecule has 5 nitrogen and oxygen atoms in total. The van der Waals surface area contributed by atoms with Crippen LogP contribution in [0.25, 0.3) is 0 Å². The van der Waals surface area contributed by atoms with Gasteiger partial charge in [0.15, 0.2) is 0 Å². The minimum absolute atomic E-state index is 0.729. The maximum Gasteiger partial charge on any atom is 0.121 e. The smallest absolute Gasteiger partial charge is 0.121 e. The molecular weight excluding hydrogens is 192 g/mol. The fourth-order valence-electron chi connectivity index (χ4n) is 1.76. The average molecular weight is 210 g/mol. The number of aryl methyl sites for hydroxylation is 1. The fourth-order valence-corrected chi connectivity index (χ4v) is 1.76. The standard InChI is InChI=1S/C10H18N4O/c1-13-10(11)8-9(12-13)2-3-14-4-6-15-7-5-14/h8H,2-7,11H2,1H3. The van der Waals surface area contributed by atoms with E-state index in [1.807, 2.05) is 13.1 Å². The molecule has 0 saturated carbocycles. The molecule has 0 amide bonds. The molecule has 1 aliphatic heterocycles. The molecule has 0 bridgehead atoms. The molecule has 1 aromatic heterocycles. The molecule has 0 aliphatic carbocycles. The van der Waals surface area contributed by atoms with Crippen LogP contribution < -0.4 is 5.73 Å². The third-order valence-corrected chi connectivity index (χ3v) is 2.75. The van der Waals surface area contributed by atoms with Crippen molar-refractivity contribution in [3.8, 4) is 0 Å². The molecule has 2 rings (SSSR count). The highest BCUT2D eigenvalue weighted by Gasteiger charge is 2.10. The van der Waals surface area contributed by atoms with E-state index in [0.29, 0.717) is 0 Å². The molecule has 2 N–H and O–H groups in total. The first-order valence-electron chi connectivity index (χ1n) is 5.34. The van der Waals surface area contributed by atoms with Crippen LogP contribution >= 0.6 is 0 Å². The Kier molecular flexibility index (Phi) is 3.23. The minimum Gasteiger partial charge on any atom is -0.384 e. The number of hydrogen-bond acceptors (Lipinski definition) is 4. The van der Waals surface area contributed by atoms with Crippen LogP contribution in [0.4, 0.5) is 5.82 Å². The summed E-state index contributed by atoms with van der Waals surface area (Å²) in [7, 11) is 1.87. The van der Waals surface area contributed by atoms with Crippen LogP contribution in [0.1, 0.15) is 5.69 Å². The second-order valence-corrected chi connectivity index (χ2v) is 3.89. The molecule has 0 spiro atoms. The second-order valence-electron chi connectivity index (χ2n) is 3.89. The van der Waals surface area contributed by atoms with E-state index in [2.05, 4.69) is 10.00 Å². The molecule has 5 heteroatoms. The number of nitrogens with two attached hydrogens (primary N) is 1. The van der Waals surface area contributed by atoms with Gasteiger partial charge in [0.25, 0.3) is 0 Å². The van der Waals surface area contributed by atoms with Gasteiger partial charge in [-0.2, -0.15) is 5.10 Å². The van der Waals surface area contributed by atoms with E-state index in [4.69, 9.17) is 10.5 Å². The van der Waals surface area contributed by atoms with E-state index in [9.17, 15) is 0 Å². The molecule has 1 aromatic rings. The Morgan fingerprint density at radius 3 is 2.80 bits per heavy atom. The van der Waals surface area contributed by atoms with Crippen molar-refractivity contribution in [1.29, 1.82) is 0 Å². The highest BCUT2D eigenvalue weighted by atomic mass is 16.5. The zero-order valence-corrected chi connectivity index (χ0v) is 9.15. The van der Waals surface area contributed by atoms with Crippen molar-refractivity contribution >= 4 is 5.82 Å². The molecule has 1 aliphatic rings. The van der Waals surface area contributed by atoms with Crippen LogP contribution in [0, 0.1) is 0 Å². The Morgan fingerprint density at radius 2 is 2.20 bits per heavy atom. The van der Waals surface area contributed by atoms with Gasteiger partial charge in [0.05, 0.1) is 18.9 Å². The lowest BCUT2D eigenvalue weighted by atomic mass is 10.3. The van der Waals surface area contributed by atoms with Gasteiger partial charge in [0.1, 0.15) is 5.82 Å². The van der Waals surface area contributed by atoms with Crippen LogP contribution in [0.15, 0.2) is 6.07 Å². The average Bonchev–Trinajstić information content (AvgIpc) is 2.57. The number of nitrogens with zero attached hydrogens (tertiary/aromatic N) is 3. The lowest BCUT2D eigenvalue weighted by Gasteiger charge is -2.26. The van der Waals surface area contributed by atoms with Crippen LogP contribution in [0.3, 0.4) is 0 Å². The Morgan fingerprint density at radius 1 is 1.47 bits per heavy atom. The summed E-state index contributed by atoms with van der Waals surface area (Å²) in [5, 5.41) is 4.33. The zero-order chi connectivity index (χ0) is 10.7. The van der Waals surface area contributed by atoms with Gasteiger partial charge in [0, 0.05) is 39.2 Å². The number of hydrogen-bond donors (Lipinski definition) is 1. The highest BCUT2D eigenvalue weighted by Crippen LogP contribution is 2.06. The minimum atomic E-state index is 0.729. The van der Waals surface area contributed by atoms with Crippen molar-refractivity contribution in [2.75, 3.05) is 38.6 Å². The number of aromatic nitrogens is 2. The van der Waals surface area contributed by atoms with Gasteiger partial charge in [-0.1, -0.05) is 0 Å². The first-order chi connectivity index (χ1) is 7.25. The topological polar surface area (TPSA) is 56.3 Å². The van der Waals surface area contributed by atoms with E-state index in [0.717, 1.165) is 50.8 Å². The monoisotopic (exact) mass is 210 g/mol. The molecule has 1 saturated heterocycles. The summed E-state index contributed by atoms with van der Waals surface area (Å²) in [5.74, 6) is 0.729. The third-order valence-electron chi connectivity index (χ3n) is 2.75. The zero-order valence-electron chi connectivity index (χ0n) is 9.15. The molecular formula is C10H18N4O. The third kappa shape index (κ3) is 2.70. The van der Waals surface area contributed by atoms with Crippen LogP contribution in [-0.2, 0) is 18.2 Å². The number of rotatable bonds is 3. The molecule has 15 heavy (non-hydrogen) atoms. The Labute approximate surface area is 89.8 Å². The molecule has 0 unspecified atom stereocenters. The van der Waals surface area contributed by atoms with E-state index in [1.165, 1.54) is 0 Å². The molecule has 2 heterocycles. The van der Waals surface area contributed by atoms with Crippen molar-refractivity contribution < 1.29 is 4.74 Å². The quantitative estimate of drug-likeness (QED) is 0.755. The second kappa shape index (κ2) is 4.63. The normalized spacial score (nSPS) is 18.2. The summed E-state index contributed by atoms with van der Waals surface area (Å²) < 4.78 is 7.01. The number of morpholine rings is 1. The first kappa shape index (κ1) is 10.4. The Balaban J connectivity index is 1.81. The largest absolute Gasteiger partial charge is 0.384 e. The van der Waals surface area contributed by atoms with Crippen molar-refractivity contribution in [2.24, 2.45) is 7.05 Å². The van der Waals surface area contributed by atoms with Gasteiger partial charge >= 0.3 is 0 Å². The Hall–Kier alpha value is -1.07. The maximum atomic E-state index is 5.72. The Bertz CT molecular complexity index is 298. The van der Waals surface area contributed by atoms with Gasteiger partial charge in [-0.3, -0.25) is 9.58 Å². The summed E-state index contributed by atoms with van der Waals surface area (Å²) in [4.78, 5) is 2.40. The summed E-state index contributed by atoms with van der Waals surface area (Å²) in [6.45, 7) is 4.80. The lowest BCUT2D eigenvalue weighted by molar-refractivity contribution is 0.0383. The predicted molar refractivity (Wildman–Crippen MR) is 58.6 cm³/mol. The molecule has 0 aromatic carbocycles. The van der Waals surface area contributed by atoms with Gasteiger partial charge in [-0.25, -0.2) is 0 Å². The molecule has 0 atom stereocenters. The van der Waals surface area contributed by atoms with E-state index < -0.39 is 0 Å². The van der Waals surface area contributed by atoms with Crippen molar-refractivity contribution in [2.45, 2.75) is 6.42 Å². The van der Waals surface area contributed by atoms with E-state index >= 15 is 0 Å². The summed E-state index contributed by atoms with van der Waals surface area (Å²) >= 11 is 0. The predicted octanol–water partition coefficient (Wildman–Crippen LogP) is -0.123. The van der Waals surface area contributed by atoms with E-state index in [-0.39, 0.29) is 0 Å². The van der Waals surface area contributed by atoms with Crippen LogP contribution in [0.2, 0.25) is 0 Å². The van der Waals surface area contributed by atoms with Gasteiger partial charge in [-0.05, 0) is 0 Å². The first-order valence-corrected chi connectivity index (χ1v) is 5.34. The van der Waals surface area contributed by atoms with Crippen molar-refractivity contribution in [1.82, 2.24) is 14.7 Å². The van der Waals surface area contributed by atoms with Gasteiger partial charge in [-0.15, -0.1) is 0 Å². The molecule has 0 radical (unpaired) electrons. The summed E-state index contributed by atoms with van der Waals surface area (Å²) in [6, 6.07) is 1.94. The van der Waals surface area contributed by atoms with Crippen LogP contribution in [0.5, 0.6) is 0 Å². The molecule has 84 valence electrons.